The molecule has 2 N–H and O–H groups in total. The molecule has 0 aliphatic rings. The number of benzene rings is 3. The van der Waals surface area contributed by atoms with Gasteiger partial charge in [0.15, 0.2) is 0 Å². The minimum Gasteiger partial charge on any atom is -0.494 e. The Morgan fingerprint density at radius 1 is 1.03 bits per heavy atom. The quantitative estimate of drug-likeness (QED) is 0.306. The van der Waals surface area contributed by atoms with Crippen LogP contribution in [0, 0.1) is 0 Å². The van der Waals surface area contributed by atoms with Crippen LogP contribution in [0.3, 0.4) is 0 Å². The van der Waals surface area contributed by atoms with Crippen molar-refractivity contribution in [2.45, 2.75) is 12.8 Å². The Morgan fingerprint density at radius 2 is 1.78 bits per heavy atom. The van der Waals surface area contributed by atoms with Crippen molar-refractivity contribution in [1.82, 2.24) is 15.0 Å². The highest BCUT2D eigenvalue weighted by molar-refractivity contribution is 6.31. The van der Waals surface area contributed by atoms with E-state index in [1.165, 1.54) is 6.07 Å². The summed E-state index contributed by atoms with van der Waals surface area (Å²) in [5, 5.41) is 12.6. The third-order valence-electron chi connectivity index (χ3n) is 4.88. The number of carbonyl (C=O) groups excluding carboxylic acids is 1. The molecule has 0 atom stereocenters. The maximum Gasteiger partial charge on any atom is 0.417 e. The second-order valence-electron chi connectivity index (χ2n) is 7.41. The van der Waals surface area contributed by atoms with Gasteiger partial charge in [-0.3, -0.25) is 0 Å². The Labute approximate surface area is 208 Å². The molecule has 1 aromatic heterocycles. The molecular formula is C24H19ClF3N5O3. The molecule has 0 saturated heterocycles. The minimum absolute atomic E-state index is 0.0604. The van der Waals surface area contributed by atoms with Crippen LogP contribution >= 0.6 is 11.6 Å². The molecule has 36 heavy (non-hydrogen) atoms. The van der Waals surface area contributed by atoms with E-state index in [9.17, 15) is 18.0 Å². The molecule has 0 spiro atoms. The average Bonchev–Trinajstić information content (AvgIpc) is 3.32. The zero-order valence-corrected chi connectivity index (χ0v) is 19.5. The van der Waals surface area contributed by atoms with Gasteiger partial charge < -0.3 is 20.1 Å². The number of hydrogen-bond donors (Lipinski definition) is 2. The van der Waals surface area contributed by atoms with Crippen LogP contribution < -0.4 is 20.1 Å². The monoisotopic (exact) mass is 517 g/mol. The fourth-order valence-electron chi connectivity index (χ4n) is 3.24. The second-order valence-corrected chi connectivity index (χ2v) is 7.82. The first-order valence-electron chi connectivity index (χ1n) is 10.4. The normalized spacial score (nSPS) is 11.1. The maximum absolute atomic E-state index is 13.0. The summed E-state index contributed by atoms with van der Waals surface area (Å²) in [5.41, 5.74) is 0.543. The summed E-state index contributed by atoms with van der Waals surface area (Å²) >= 11 is 5.61. The van der Waals surface area contributed by atoms with E-state index in [4.69, 9.17) is 21.1 Å². The molecule has 2 amide bonds. The van der Waals surface area contributed by atoms with Crippen LogP contribution in [0.2, 0.25) is 5.02 Å². The summed E-state index contributed by atoms with van der Waals surface area (Å²) in [6.45, 7) is 0.107. The highest BCUT2D eigenvalue weighted by atomic mass is 35.5. The lowest BCUT2D eigenvalue weighted by molar-refractivity contribution is -0.137. The van der Waals surface area contributed by atoms with Crippen molar-refractivity contribution in [2.24, 2.45) is 0 Å². The molecule has 0 radical (unpaired) electrons. The molecule has 0 saturated carbocycles. The summed E-state index contributed by atoms with van der Waals surface area (Å²) in [5.74, 6) is 1.07. The van der Waals surface area contributed by atoms with Crippen LogP contribution in [0.5, 0.6) is 11.5 Å². The fraction of sp³-hybridized carbons (Fsp3) is 0.125. The number of aromatic nitrogens is 3. The summed E-state index contributed by atoms with van der Waals surface area (Å²) in [7, 11) is 1.57. The topological polar surface area (TPSA) is 90.3 Å². The number of halogens is 4. The Bertz CT molecular complexity index is 1380. The molecule has 0 aliphatic carbocycles. The predicted molar refractivity (Wildman–Crippen MR) is 128 cm³/mol. The number of urea groups is 1. The number of amides is 2. The van der Waals surface area contributed by atoms with Crippen molar-refractivity contribution in [3.63, 3.8) is 0 Å². The third-order valence-corrected chi connectivity index (χ3v) is 5.21. The number of rotatable bonds is 7. The summed E-state index contributed by atoms with van der Waals surface area (Å²) in [6, 6.07) is 16.2. The van der Waals surface area contributed by atoms with E-state index in [2.05, 4.69) is 20.9 Å². The number of methoxy groups -OCH3 is 1. The summed E-state index contributed by atoms with van der Waals surface area (Å²) in [6.07, 6.45) is -2.94. The number of hydrogen-bond acceptors (Lipinski definition) is 5. The largest absolute Gasteiger partial charge is 0.494 e. The molecule has 0 bridgehead atoms. The number of alkyl halides is 3. The molecule has 4 aromatic rings. The number of para-hydroxylation sites is 2. The molecule has 1 heterocycles. The van der Waals surface area contributed by atoms with Crippen LogP contribution in [0.4, 0.5) is 29.3 Å². The number of nitrogens with zero attached hydrogens (tertiary/aromatic N) is 3. The van der Waals surface area contributed by atoms with Crippen LogP contribution in [-0.4, -0.2) is 28.1 Å². The first kappa shape index (κ1) is 24.9. The number of nitrogens with one attached hydrogen (secondary N) is 2. The third kappa shape index (κ3) is 6.05. The van der Waals surface area contributed by atoms with Crippen LogP contribution in [0.1, 0.15) is 11.3 Å². The zero-order chi connectivity index (χ0) is 25.7. The van der Waals surface area contributed by atoms with E-state index in [-0.39, 0.29) is 12.3 Å². The molecule has 4 rings (SSSR count). The number of anilines is 2. The van der Waals surface area contributed by atoms with Gasteiger partial charge in [-0.1, -0.05) is 35.0 Å². The first-order chi connectivity index (χ1) is 17.2. The van der Waals surface area contributed by atoms with E-state index in [1.807, 2.05) is 24.3 Å². The SMILES string of the molecule is COc1ccccc1-n1cc(COc2cccc(NC(=O)Nc3ccc(Cl)c(C(F)(F)F)c3)c2)nn1. The predicted octanol–water partition coefficient (Wildman–Crippen LogP) is 6.17. The van der Waals surface area contributed by atoms with E-state index >= 15 is 0 Å². The van der Waals surface area contributed by atoms with Gasteiger partial charge >= 0.3 is 12.2 Å². The van der Waals surface area contributed by atoms with Gasteiger partial charge in [-0.25, -0.2) is 9.48 Å². The minimum atomic E-state index is -4.64. The highest BCUT2D eigenvalue weighted by Gasteiger charge is 2.33. The van der Waals surface area contributed by atoms with E-state index < -0.39 is 22.8 Å². The standard InChI is InChI=1S/C24H19ClF3N5O3/c1-35-22-8-3-2-7-21(22)33-13-17(31-32-33)14-36-18-6-4-5-15(11-18)29-23(34)30-16-9-10-20(25)19(12-16)24(26,27)28/h2-13H,14H2,1H3,(H2,29,30,34). The van der Waals surface area contributed by atoms with Gasteiger partial charge in [-0.05, 0) is 42.5 Å². The van der Waals surface area contributed by atoms with Crippen LogP contribution in [-0.2, 0) is 12.8 Å². The first-order valence-corrected chi connectivity index (χ1v) is 10.8. The highest BCUT2D eigenvalue weighted by Crippen LogP contribution is 2.36. The van der Waals surface area contributed by atoms with Gasteiger partial charge in [0, 0.05) is 17.4 Å². The molecule has 3 aromatic carbocycles. The fourth-order valence-corrected chi connectivity index (χ4v) is 3.46. The Balaban J connectivity index is 1.37. The van der Waals surface area contributed by atoms with Crippen molar-refractivity contribution in [3.8, 4) is 17.2 Å². The van der Waals surface area contributed by atoms with Crippen molar-refractivity contribution < 1.29 is 27.4 Å². The molecule has 0 fully saturated rings. The van der Waals surface area contributed by atoms with Crippen molar-refractivity contribution in [1.29, 1.82) is 0 Å². The molecule has 12 heteroatoms. The van der Waals surface area contributed by atoms with Gasteiger partial charge in [-0.15, -0.1) is 5.10 Å². The lowest BCUT2D eigenvalue weighted by Crippen LogP contribution is -2.20. The summed E-state index contributed by atoms with van der Waals surface area (Å²) in [4.78, 5) is 12.3. The second kappa shape index (κ2) is 10.6. The van der Waals surface area contributed by atoms with Crippen molar-refractivity contribution >= 4 is 29.0 Å². The molecule has 8 nitrogen and oxygen atoms in total. The van der Waals surface area contributed by atoms with Gasteiger partial charge in [0.05, 0.1) is 23.9 Å². The maximum atomic E-state index is 13.0. The Morgan fingerprint density at radius 3 is 2.53 bits per heavy atom. The Kier molecular flexibility index (Phi) is 7.30. The smallest absolute Gasteiger partial charge is 0.417 e. The van der Waals surface area contributed by atoms with Gasteiger partial charge in [0.1, 0.15) is 29.5 Å². The van der Waals surface area contributed by atoms with E-state index in [0.29, 0.717) is 22.9 Å². The molecule has 186 valence electrons. The van der Waals surface area contributed by atoms with E-state index in [0.717, 1.165) is 17.8 Å². The number of ether oxygens (including phenoxy) is 2. The summed E-state index contributed by atoms with van der Waals surface area (Å²) < 4.78 is 51.7. The average molecular weight is 518 g/mol. The van der Waals surface area contributed by atoms with Crippen molar-refractivity contribution in [3.05, 3.63) is 89.2 Å². The molecular weight excluding hydrogens is 499 g/mol. The van der Waals surface area contributed by atoms with Gasteiger partial charge in [-0.2, -0.15) is 13.2 Å². The lowest BCUT2D eigenvalue weighted by Gasteiger charge is -2.13. The zero-order valence-electron chi connectivity index (χ0n) is 18.7. The number of carbonyl (C=O) groups is 1. The van der Waals surface area contributed by atoms with Gasteiger partial charge in [0.25, 0.3) is 0 Å². The Hall–Kier alpha value is -4.25. The lowest BCUT2D eigenvalue weighted by atomic mass is 10.2. The molecule has 0 aliphatic heterocycles. The van der Waals surface area contributed by atoms with E-state index in [1.54, 1.807) is 42.3 Å². The molecule has 0 unspecified atom stereocenters. The van der Waals surface area contributed by atoms with Crippen LogP contribution in [0.15, 0.2) is 72.9 Å². The van der Waals surface area contributed by atoms with Crippen molar-refractivity contribution in [2.75, 3.05) is 17.7 Å². The van der Waals surface area contributed by atoms with Gasteiger partial charge in [0.2, 0.25) is 0 Å². The van der Waals surface area contributed by atoms with Crippen LogP contribution in [0.25, 0.3) is 5.69 Å².